The Morgan fingerprint density at radius 3 is 2.44 bits per heavy atom. The molecule has 100 valence electrons. The van der Waals surface area contributed by atoms with E-state index < -0.39 is 0 Å². The average molecular weight is 314 g/mol. The standard InChI is InChI=1S/C14H20BrNO2/c1-10(2)8-12(9-17)16-14(18)13(15)11-6-4-3-5-7-11/h3-7,10,12-13,17H,8-9H2,1-2H3,(H,16,18). The van der Waals surface area contributed by atoms with Crippen LogP contribution >= 0.6 is 15.9 Å². The predicted octanol–water partition coefficient (Wildman–Crippen LogP) is 2.65. The van der Waals surface area contributed by atoms with Crippen molar-refractivity contribution in [3.63, 3.8) is 0 Å². The first-order valence-corrected chi connectivity index (χ1v) is 7.06. The minimum Gasteiger partial charge on any atom is -0.394 e. The molecule has 2 unspecified atom stereocenters. The largest absolute Gasteiger partial charge is 0.394 e. The van der Waals surface area contributed by atoms with Gasteiger partial charge in [0, 0.05) is 0 Å². The molecule has 0 radical (unpaired) electrons. The first-order chi connectivity index (χ1) is 8.54. The monoisotopic (exact) mass is 313 g/mol. The van der Waals surface area contributed by atoms with Crippen molar-refractivity contribution >= 4 is 21.8 Å². The number of aliphatic hydroxyl groups is 1. The van der Waals surface area contributed by atoms with E-state index in [1.54, 1.807) is 0 Å². The molecule has 0 fully saturated rings. The second-order valence-corrected chi connectivity index (χ2v) is 5.71. The lowest BCUT2D eigenvalue weighted by molar-refractivity contribution is -0.121. The number of hydrogen-bond donors (Lipinski definition) is 2. The molecule has 4 heteroatoms. The fourth-order valence-electron chi connectivity index (χ4n) is 1.80. The topological polar surface area (TPSA) is 49.3 Å². The highest BCUT2D eigenvalue weighted by Gasteiger charge is 2.20. The summed E-state index contributed by atoms with van der Waals surface area (Å²) < 4.78 is 0. The number of alkyl halides is 1. The maximum absolute atomic E-state index is 12.0. The molecule has 0 saturated heterocycles. The summed E-state index contributed by atoms with van der Waals surface area (Å²) in [6, 6.07) is 9.32. The lowest BCUT2D eigenvalue weighted by Crippen LogP contribution is -2.39. The molecule has 2 atom stereocenters. The van der Waals surface area contributed by atoms with Crippen LogP contribution in [0, 0.1) is 5.92 Å². The van der Waals surface area contributed by atoms with Crippen LogP contribution in [0.5, 0.6) is 0 Å². The fraction of sp³-hybridized carbons (Fsp3) is 0.500. The van der Waals surface area contributed by atoms with Gasteiger partial charge in [0.05, 0.1) is 12.6 Å². The number of hydrogen-bond acceptors (Lipinski definition) is 2. The summed E-state index contributed by atoms with van der Waals surface area (Å²) >= 11 is 3.38. The number of nitrogens with one attached hydrogen (secondary N) is 1. The number of halogens is 1. The Balaban J connectivity index is 2.59. The summed E-state index contributed by atoms with van der Waals surface area (Å²) in [5.41, 5.74) is 0.913. The highest BCUT2D eigenvalue weighted by atomic mass is 79.9. The molecule has 0 spiro atoms. The number of carbonyl (C=O) groups excluding carboxylic acids is 1. The van der Waals surface area contributed by atoms with Gasteiger partial charge in [-0.15, -0.1) is 0 Å². The third-order valence-electron chi connectivity index (χ3n) is 2.65. The van der Waals surface area contributed by atoms with Gasteiger partial charge >= 0.3 is 0 Å². The Morgan fingerprint density at radius 2 is 1.94 bits per heavy atom. The van der Waals surface area contributed by atoms with Gasteiger partial charge in [-0.25, -0.2) is 0 Å². The Bertz CT molecular complexity index is 367. The lowest BCUT2D eigenvalue weighted by Gasteiger charge is -2.20. The van der Waals surface area contributed by atoms with Crippen LogP contribution in [0.4, 0.5) is 0 Å². The maximum Gasteiger partial charge on any atom is 0.238 e. The van der Waals surface area contributed by atoms with Crippen molar-refractivity contribution in [2.45, 2.75) is 31.1 Å². The number of aliphatic hydroxyl groups excluding tert-OH is 1. The van der Waals surface area contributed by atoms with Gasteiger partial charge in [-0.05, 0) is 17.9 Å². The number of rotatable bonds is 6. The third-order valence-corrected chi connectivity index (χ3v) is 3.59. The molecule has 0 aliphatic rings. The first-order valence-electron chi connectivity index (χ1n) is 6.14. The van der Waals surface area contributed by atoms with E-state index in [0.29, 0.717) is 5.92 Å². The minimum absolute atomic E-state index is 0.0293. The Morgan fingerprint density at radius 1 is 1.33 bits per heavy atom. The third kappa shape index (κ3) is 4.78. The van der Waals surface area contributed by atoms with Crippen molar-refractivity contribution in [3.05, 3.63) is 35.9 Å². The van der Waals surface area contributed by atoms with Gasteiger partial charge in [-0.2, -0.15) is 0 Å². The van der Waals surface area contributed by atoms with Crippen molar-refractivity contribution < 1.29 is 9.90 Å². The lowest BCUT2D eigenvalue weighted by atomic mass is 10.0. The van der Waals surface area contributed by atoms with Crippen LogP contribution < -0.4 is 5.32 Å². The molecule has 18 heavy (non-hydrogen) atoms. The summed E-state index contributed by atoms with van der Waals surface area (Å²) in [7, 11) is 0. The Labute approximate surface area is 117 Å². The van der Waals surface area contributed by atoms with Crippen LogP contribution in [0.1, 0.15) is 30.7 Å². The highest BCUT2D eigenvalue weighted by molar-refractivity contribution is 9.09. The number of carbonyl (C=O) groups is 1. The van der Waals surface area contributed by atoms with Gasteiger partial charge in [0.1, 0.15) is 4.83 Å². The molecule has 0 aliphatic carbocycles. The van der Waals surface area contributed by atoms with Crippen LogP contribution in [-0.2, 0) is 4.79 Å². The zero-order valence-corrected chi connectivity index (χ0v) is 12.4. The Hall–Kier alpha value is -0.870. The average Bonchev–Trinajstić information content (AvgIpc) is 2.37. The van der Waals surface area contributed by atoms with Gasteiger partial charge in [-0.3, -0.25) is 4.79 Å². The van der Waals surface area contributed by atoms with E-state index in [1.165, 1.54) is 0 Å². The second kappa shape index (κ2) is 7.54. The van der Waals surface area contributed by atoms with Crippen LogP contribution in [-0.4, -0.2) is 23.7 Å². The molecule has 0 aliphatic heterocycles. The summed E-state index contributed by atoms with van der Waals surface area (Å²) in [6.07, 6.45) is 0.775. The van der Waals surface area contributed by atoms with Crippen molar-refractivity contribution in [1.82, 2.24) is 5.32 Å². The molecule has 1 aromatic rings. The minimum atomic E-state index is -0.375. The van der Waals surface area contributed by atoms with E-state index in [0.717, 1.165) is 12.0 Å². The van der Waals surface area contributed by atoms with Gasteiger partial charge in [-0.1, -0.05) is 60.1 Å². The number of benzene rings is 1. The van der Waals surface area contributed by atoms with Crippen molar-refractivity contribution in [3.8, 4) is 0 Å². The maximum atomic E-state index is 12.0. The molecule has 1 aromatic carbocycles. The SMILES string of the molecule is CC(C)CC(CO)NC(=O)C(Br)c1ccccc1. The molecule has 0 saturated carbocycles. The van der Waals surface area contributed by atoms with Crippen LogP contribution in [0.25, 0.3) is 0 Å². The molecule has 0 aromatic heterocycles. The zero-order valence-electron chi connectivity index (χ0n) is 10.8. The van der Waals surface area contributed by atoms with Gasteiger partial charge in [0.2, 0.25) is 5.91 Å². The van der Waals surface area contributed by atoms with Crippen molar-refractivity contribution in [2.75, 3.05) is 6.61 Å². The summed E-state index contributed by atoms with van der Waals surface area (Å²) in [5, 5.41) is 12.1. The van der Waals surface area contributed by atoms with Gasteiger partial charge in [0.25, 0.3) is 0 Å². The van der Waals surface area contributed by atoms with E-state index in [4.69, 9.17) is 0 Å². The van der Waals surface area contributed by atoms with Crippen LogP contribution in [0.3, 0.4) is 0 Å². The molecular formula is C14H20BrNO2. The second-order valence-electron chi connectivity index (χ2n) is 4.79. The van der Waals surface area contributed by atoms with E-state index >= 15 is 0 Å². The molecule has 1 amide bonds. The van der Waals surface area contributed by atoms with E-state index in [-0.39, 0.29) is 23.4 Å². The molecule has 0 bridgehead atoms. The normalized spacial score (nSPS) is 14.3. The van der Waals surface area contributed by atoms with Crippen LogP contribution in [0.2, 0.25) is 0 Å². The zero-order chi connectivity index (χ0) is 13.5. The highest BCUT2D eigenvalue weighted by Crippen LogP contribution is 2.22. The van der Waals surface area contributed by atoms with Crippen LogP contribution in [0.15, 0.2) is 30.3 Å². The molecule has 1 rings (SSSR count). The van der Waals surface area contributed by atoms with E-state index in [9.17, 15) is 9.90 Å². The van der Waals surface area contributed by atoms with Crippen molar-refractivity contribution in [2.24, 2.45) is 5.92 Å². The fourth-order valence-corrected chi connectivity index (χ4v) is 2.23. The van der Waals surface area contributed by atoms with Gasteiger partial charge in [0.15, 0.2) is 0 Å². The first kappa shape index (κ1) is 15.2. The molecule has 0 heterocycles. The number of amides is 1. The van der Waals surface area contributed by atoms with E-state index in [1.807, 2.05) is 30.3 Å². The molecule has 2 N–H and O–H groups in total. The smallest absolute Gasteiger partial charge is 0.238 e. The summed E-state index contributed by atoms with van der Waals surface area (Å²) in [5.74, 6) is 0.328. The molecule has 3 nitrogen and oxygen atoms in total. The van der Waals surface area contributed by atoms with E-state index in [2.05, 4.69) is 35.1 Å². The molecular weight excluding hydrogens is 294 g/mol. The summed E-state index contributed by atoms with van der Waals surface area (Å²) in [6.45, 7) is 4.10. The van der Waals surface area contributed by atoms with Crippen molar-refractivity contribution in [1.29, 1.82) is 0 Å². The summed E-state index contributed by atoms with van der Waals surface area (Å²) in [4.78, 5) is 11.7. The Kier molecular flexibility index (Phi) is 6.36. The van der Waals surface area contributed by atoms with Gasteiger partial charge < -0.3 is 10.4 Å². The quantitative estimate of drug-likeness (QED) is 0.793. The predicted molar refractivity (Wildman–Crippen MR) is 76.6 cm³/mol.